The summed E-state index contributed by atoms with van der Waals surface area (Å²) in [4.78, 5) is 12.3. The minimum atomic E-state index is -3.86. The van der Waals surface area contributed by atoms with Crippen LogP contribution in [0.5, 0.6) is 0 Å². The van der Waals surface area contributed by atoms with Crippen molar-refractivity contribution >= 4 is 26.2 Å². The fourth-order valence-electron chi connectivity index (χ4n) is 2.48. The van der Waals surface area contributed by atoms with Gasteiger partial charge in [-0.15, -0.1) is 10.3 Å². The molecule has 0 atom stereocenters. The second-order valence-electron chi connectivity index (χ2n) is 6.45. The quantitative estimate of drug-likeness (QED) is 0.505. The van der Waals surface area contributed by atoms with Gasteiger partial charge in [-0.1, -0.05) is 51.3 Å². The van der Waals surface area contributed by atoms with E-state index in [9.17, 15) is 13.2 Å². The van der Waals surface area contributed by atoms with Crippen molar-refractivity contribution in [2.24, 2.45) is 0 Å². The number of ketones is 1. The van der Waals surface area contributed by atoms with Crippen LogP contribution in [0.1, 0.15) is 58.4 Å². The molecule has 25 heavy (non-hydrogen) atoms. The largest absolute Gasteiger partial charge is 0.306 e. The van der Waals surface area contributed by atoms with Crippen LogP contribution in [0.3, 0.4) is 0 Å². The van der Waals surface area contributed by atoms with Crippen molar-refractivity contribution in [2.75, 3.05) is 17.3 Å². The molecule has 4 nitrogen and oxygen atoms in total. The van der Waals surface area contributed by atoms with E-state index in [1.165, 1.54) is 0 Å². The minimum Gasteiger partial charge on any atom is -0.299 e. The molecule has 0 aliphatic carbocycles. The van der Waals surface area contributed by atoms with Crippen LogP contribution < -0.4 is 0 Å². The van der Waals surface area contributed by atoms with Gasteiger partial charge in [-0.3, -0.25) is 4.79 Å². The highest BCUT2D eigenvalue weighted by atomic mass is 32.3. The standard InChI is InChI=1S/C19H32O4S2/c1-5-8-14-24(15-9-6-2,16-18(20)7-3)23-25(21,22)19-12-10-17(4)11-13-19/h10-13H,5-9,14-16H2,1-4H3. The Bertz CT molecular complexity index is 628. The Morgan fingerprint density at radius 2 is 1.48 bits per heavy atom. The number of Topliss-reactive ketones (excluding diaryl/α,β-unsaturated/α-hetero) is 1. The average Bonchev–Trinajstić information content (AvgIpc) is 2.58. The molecule has 0 saturated carbocycles. The molecular formula is C19H32O4S2. The fraction of sp³-hybridized carbons (Fsp3) is 0.632. The van der Waals surface area contributed by atoms with Gasteiger partial charge < -0.3 is 0 Å². The molecule has 0 N–H and O–H groups in total. The lowest BCUT2D eigenvalue weighted by Crippen LogP contribution is -2.25. The third kappa shape index (κ3) is 7.12. The Morgan fingerprint density at radius 3 is 1.92 bits per heavy atom. The molecule has 1 aromatic carbocycles. The smallest absolute Gasteiger partial charge is 0.299 e. The minimum absolute atomic E-state index is 0.0845. The summed E-state index contributed by atoms with van der Waals surface area (Å²) in [5.41, 5.74) is 0.996. The lowest BCUT2D eigenvalue weighted by atomic mass is 10.2. The monoisotopic (exact) mass is 388 g/mol. The molecule has 6 heteroatoms. The van der Waals surface area contributed by atoms with Gasteiger partial charge in [-0.25, -0.2) is 3.63 Å². The van der Waals surface area contributed by atoms with Crippen LogP contribution in [-0.2, 0) is 18.5 Å². The predicted molar refractivity (Wildman–Crippen MR) is 107 cm³/mol. The summed E-state index contributed by atoms with van der Waals surface area (Å²) in [5.74, 6) is 1.66. The number of rotatable bonds is 12. The maximum absolute atomic E-state index is 12.8. The van der Waals surface area contributed by atoms with Gasteiger partial charge in [-0.2, -0.15) is 8.42 Å². The van der Waals surface area contributed by atoms with E-state index in [0.717, 1.165) is 31.2 Å². The first-order valence-corrected chi connectivity index (χ1v) is 12.6. The summed E-state index contributed by atoms with van der Waals surface area (Å²) in [6.45, 7) is 7.87. The van der Waals surface area contributed by atoms with E-state index < -0.39 is 20.4 Å². The third-order valence-corrected chi connectivity index (χ3v) is 9.74. The Hall–Kier alpha value is -0.850. The summed E-state index contributed by atoms with van der Waals surface area (Å²) in [5, 5.41) is 0. The predicted octanol–water partition coefficient (Wildman–Crippen LogP) is 5.00. The van der Waals surface area contributed by atoms with Crippen LogP contribution >= 0.6 is 10.3 Å². The van der Waals surface area contributed by atoms with Crippen molar-refractivity contribution in [3.8, 4) is 0 Å². The molecule has 0 heterocycles. The van der Waals surface area contributed by atoms with E-state index in [1.807, 2.05) is 13.8 Å². The SMILES string of the molecule is CCCCS(CCCC)(CC(=O)CC)OS(=O)(=O)c1ccc(C)cc1. The summed E-state index contributed by atoms with van der Waals surface area (Å²) in [7, 11) is -5.85. The molecule has 0 saturated heterocycles. The van der Waals surface area contributed by atoms with E-state index in [4.69, 9.17) is 3.63 Å². The van der Waals surface area contributed by atoms with Crippen molar-refractivity contribution in [1.29, 1.82) is 0 Å². The van der Waals surface area contributed by atoms with Crippen LogP contribution in [0.15, 0.2) is 29.2 Å². The van der Waals surface area contributed by atoms with Crippen molar-refractivity contribution in [2.45, 2.75) is 64.7 Å². The fourth-order valence-corrected chi connectivity index (χ4v) is 8.44. The molecule has 1 aromatic rings. The van der Waals surface area contributed by atoms with Gasteiger partial charge in [0.2, 0.25) is 0 Å². The highest BCUT2D eigenvalue weighted by Gasteiger charge is 2.33. The Morgan fingerprint density at radius 1 is 0.960 bits per heavy atom. The first kappa shape index (κ1) is 22.2. The molecular weight excluding hydrogens is 356 g/mol. The van der Waals surface area contributed by atoms with Crippen molar-refractivity contribution in [1.82, 2.24) is 0 Å². The molecule has 0 spiro atoms. The number of aryl methyl sites for hydroxylation is 1. The molecule has 0 bridgehead atoms. The average molecular weight is 389 g/mol. The molecule has 144 valence electrons. The summed E-state index contributed by atoms with van der Waals surface area (Å²) < 4.78 is 31.5. The Balaban J connectivity index is 3.17. The second kappa shape index (κ2) is 10.3. The third-order valence-electron chi connectivity index (χ3n) is 4.10. The molecule has 1 rings (SSSR count). The topological polar surface area (TPSA) is 60.4 Å². The summed E-state index contributed by atoms with van der Waals surface area (Å²) in [6, 6.07) is 6.69. The first-order chi connectivity index (χ1) is 11.8. The number of hydrogen-bond acceptors (Lipinski definition) is 4. The van der Waals surface area contributed by atoms with Gasteiger partial charge >= 0.3 is 10.1 Å². The van der Waals surface area contributed by atoms with E-state index in [1.54, 1.807) is 24.3 Å². The lowest BCUT2D eigenvalue weighted by Gasteiger charge is -2.38. The van der Waals surface area contributed by atoms with Gasteiger partial charge in [0.05, 0.1) is 10.6 Å². The van der Waals surface area contributed by atoms with Gasteiger partial charge in [0.15, 0.2) is 0 Å². The van der Waals surface area contributed by atoms with Crippen LogP contribution in [-0.4, -0.2) is 31.5 Å². The maximum atomic E-state index is 12.8. The highest BCUT2D eigenvalue weighted by Crippen LogP contribution is 2.53. The Kier molecular flexibility index (Phi) is 9.17. The van der Waals surface area contributed by atoms with Crippen LogP contribution in [0.25, 0.3) is 0 Å². The lowest BCUT2D eigenvalue weighted by molar-refractivity contribution is -0.116. The highest BCUT2D eigenvalue weighted by molar-refractivity contribution is 8.33. The molecule has 0 aliphatic heterocycles. The molecule has 0 aliphatic rings. The van der Waals surface area contributed by atoms with Crippen LogP contribution in [0.2, 0.25) is 0 Å². The zero-order valence-electron chi connectivity index (χ0n) is 15.9. The molecule has 0 fully saturated rings. The number of benzene rings is 1. The zero-order valence-corrected chi connectivity index (χ0v) is 17.5. The van der Waals surface area contributed by atoms with E-state index in [0.29, 0.717) is 17.9 Å². The summed E-state index contributed by atoms with van der Waals surface area (Å²) in [6.07, 6.45) is 4.07. The molecule has 0 unspecified atom stereocenters. The Labute approximate surface area is 155 Å². The van der Waals surface area contributed by atoms with Gasteiger partial charge in [-0.05, 0) is 31.9 Å². The van der Waals surface area contributed by atoms with E-state index >= 15 is 0 Å². The van der Waals surface area contributed by atoms with Gasteiger partial charge in [0.1, 0.15) is 5.78 Å². The second-order valence-corrected chi connectivity index (χ2v) is 11.4. The molecule has 0 radical (unpaired) electrons. The van der Waals surface area contributed by atoms with E-state index in [-0.39, 0.29) is 16.4 Å². The van der Waals surface area contributed by atoms with Crippen molar-refractivity contribution in [3.05, 3.63) is 29.8 Å². The van der Waals surface area contributed by atoms with Crippen LogP contribution in [0.4, 0.5) is 0 Å². The van der Waals surface area contributed by atoms with Crippen LogP contribution in [0, 0.1) is 6.92 Å². The van der Waals surface area contributed by atoms with Crippen molar-refractivity contribution < 1.29 is 16.8 Å². The number of carbonyl (C=O) groups excluding carboxylic acids is 1. The van der Waals surface area contributed by atoms with Gasteiger partial charge in [0.25, 0.3) is 0 Å². The molecule has 0 amide bonds. The van der Waals surface area contributed by atoms with E-state index in [2.05, 4.69) is 13.8 Å². The number of carbonyl (C=O) groups is 1. The number of unbranched alkanes of at least 4 members (excludes halogenated alkanes) is 2. The maximum Gasteiger partial charge on any atom is 0.306 e. The van der Waals surface area contributed by atoms with Crippen molar-refractivity contribution in [3.63, 3.8) is 0 Å². The number of hydrogen-bond donors (Lipinski definition) is 0. The normalized spacial score (nSPS) is 13.0. The molecule has 0 aromatic heterocycles. The summed E-state index contributed by atoms with van der Waals surface area (Å²) >= 11 is 0. The first-order valence-electron chi connectivity index (χ1n) is 9.09. The zero-order chi connectivity index (χ0) is 18.9. The van der Waals surface area contributed by atoms with Gasteiger partial charge in [0, 0.05) is 17.9 Å².